The van der Waals surface area contributed by atoms with Gasteiger partial charge in [-0.05, 0) is 19.8 Å². The van der Waals surface area contributed by atoms with E-state index < -0.39 is 60.8 Å². The zero-order valence-corrected chi connectivity index (χ0v) is 15.8. The average molecular weight is 419 g/mol. The number of hydrogen-bond donors (Lipinski definition) is 8. The summed E-state index contributed by atoms with van der Waals surface area (Å²) in [4.78, 5) is 57.6. The minimum Gasteiger partial charge on any atom is -0.480 e. The number of nitrogens with two attached hydrogens (primary N) is 2. The fourth-order valence-electron chi connectivity index (χ4n) is 2.11. The lowest BCUT2D eigenvalue weighted by Crippen LogP contribution is -2.55. The highest BCUT2D eigenvalue weighted by atomic mass is 19.1. The van der Waals surface area contributed by atoms with Gasteiger partial charge < -0.3 is 37.8 Å². The predicted octanol–water partition coefficient (Wildman–Crippen LogP) is -3.35. The molecule has 0 rings (SSSR count). The van der Waals surface area contributed by atoms with Crippen LogP contribution in [-0.4, -0.2) is 72.0 Å². The number of halogens is 1. The van der Waals surface area contributed by atoms with Gasteiger partial charge in [-0.15, -0.1) is 0 Å². The van der Waals surface area contributed by atoms with Crippen molar-refractivity contribution in [1.29, 1.82) is 5.41 Å². The molecule has 0 unspecified atom stereocenters. The Morgan fingerprint density at radius 3 is 2.14 bits per heavy atom. The molecule has 0 heterocycles. The van der Waals surface area contributed by atoms with Gasteiger partial charge in [-0.3, -0.25) is 24.6 Å². The molecular formula is C15H26FN7O6. The maximum atomic E-state index is 12.5. The monoisotopic (exact) mass is 419 g/mol. The lowest BCUT2D eigenvalue weighted by Gasteiger charge is -2.22. The second kappa shape index (κ2) is 12.9. The third-order valence-corrected chi connectivity index (χ3v) is 3.53. The molecule has 0 aromatic carbocycles. The van der Waals surface area contributed by atoms with Crippen LogP contribution in [0.25, 0.3) is 0 Å². The van der Waals surface area contributed by atoms with Crippen LogP contribution >= 0.6 is 0 Å². The van der Waals surface area contributed by atoms with Crippen LogP contribution in [0.1, 0.15) is 26.2 Å². The topological polar surface area (TPSA) is 230 Å². The van der Waals surface area contributed by atoms with Crippen LogP contribution in [0, 0.1) is 5.41 Å². The summed E-state index contributed by atoms with van der Waals surface area (Å²) >= 11 is 0. The number of carbonyl (C=O) groups excluding carboxylic acids is 4. The predicted molar refractivity (Wildman–Crippen MR) is 98.0 cm³/mol. The van der Waals surface area contributed by atoms with E-state index in [0.717, 1.165) is 0 Å². The third kappa shape index (κ3) is 11.1. The maximum absolute atomic E-state index is 12.5. The Kier molecular flexibility index (Phi) is 11.3. The highest BCUT2D eigenvalue weighted by Crippen LogP contribution is 2.00. The van der Waals surface area contributed by atoms with Crippen molar-refractivity contribution in [2.75, 3.05) is 13.2 Å². The second-order valence-corrected chi connectivity index (χ2v) is 6.04. The summed E-state index contributed by atoms with van der Waals surface area (Å²) in [6.07, 6.45) is -0.309. The number of nitrogens with one attached hydrogen (secondary N) is 5. The highest BCUT2D eigenvalue weighted by Gasteiger charge is 2.27. The zero-order valence-electron chi connectivity index (χ0n) is 15.8. The summed E-state index contributed by atoms with van der Waals surface area (Å²) in [7, 11) is 0. The molecule has 0 fully saturated rings. The molecule has 10 N–H and O–H groups in total. The van der Waals surface area contributed by atoms with Crippen molar-refractivity contribution < 1.29 is 33.5 Å². The van der Waals surface area contributed by atoms with Gasteiger partial charge in [0, 0.05) is 6.54 Å². The summed E-state index contributed by atoms with van der Waals surface area (Å²) < 4.78 is 12.5. The Balaban J connectivity index is 4.89. The number of hydrogen-bond acceptors (Lipinski definition) is 6. The molecule has 0 spiro atoms. The molecule has 0 aromatic rings. The smallest absolute Gasteiger partial charge is 0.326 e. The van der Waals surface area contributed by atoms with Gasteiger partial charge >= 0.3 is 5.97 Å². The molecule has 13 nitrogen and oxygen atoms in total. The summed E-state index contributed by atoms with van der Waals surface area (Å²) in [5, 5.41) is 25.0. The molecule has 0 aliphatic carbocycles. The van der Waals surface area contributed by atoms with Gasteiger partial charge in [0.25, 0.3) is 5.91 Å². The van der Waals surface area contributed by atoms with Crippen molar-refractivity contribution >= 4 is 35.6 Å². The summed E-state index contributed by atoms with van der Waals surface area (Å²) in [6, 6.07) is -3.97. The number of guanidine groups is 1. The maximum Gasteiger partial charge on any atom is 0.326 e. The molecule has 0 bridgehead atoms. The molecule has 4 amide bonds. The first-order valence-electron chi connectivity index (χ1n) is 8.53. The van der Waals surface area contributed by atoms with Crippen molar-refractivity contribution in [2.24, 2.45) is 11.5 Å². The van der Waals surface area contributed by atoms with Crippen LogP contribution in [0.5, 0.6) is 0 Å². The van der Waals surface area contributed by atoms with Gasteiger partial charge in [-0.2, -0.15) is 0 Å². The number of amides is 4. The molecule has 164 valence electrons. The molecule has 29 heavy (non-hydrogen) atoms. The number of carboxylic acids is 1. The lowest BCUT2D eigenvalue weighted by atomic mass is 10.1. The third-order valence-electron chi connectivity index (χ3n) is 3.53. The van der Waals surface area contributed by atoms with Gasteiger partial charge in [0.05, 0.1) is 6.42 Å². The fraction of sp³-hybridized carbons (Fsp3) is 0.600. The molecule has 0 saturated heterocycles. The molecule has 0 saturated carbocycles. The largest absolute Gasteiger partial charge is 0.480 e. The molecule has 0 radical (unpaired) electrons. The zero-order chi connectivity index (χ0) is 22.6. The van der Waals surface area contributed by atoms with Gasteiger partial charge in [-0.25, -0.2) is 9.18 Å². The Morgan fingerprint density at radius 2 is 1.66 bits per heavy atom. The van der Waals surface area contributed by atoms with Crippen LogP contribution in [0.15, 0.2) is 0 Å². The van der Waals surface area contributed by atoms with Crippen LogP contribution in [0.3, 0.4) is 0 Å². The first kappa shape index (κ1) is 25.6. The Morgan fingerprint density at radius 1 is 1.03 bits per heavy atom. The quantitative estimate of drug-likeness (QED) is 0.0852. The number of carboxylic acid groups (broad SMARTS) is 1. The average Bonchev–Trinajstić information content (AvgIpc) is 2.62. The first-order chi connectivity index (χ1) is 13.5. The molecular weight excluding hydrogens is 393 g/mol. The number of carbonyl (C=O) groups is 5. The van der Waals surface area contributed by atoms with Crippen molar-refractivity contribution in [3.8, 4) is 0 Å². The van der Waals surface area contributed by atoms with Crippen LogP contribution < -0.4 is 32.7 Å². The van der Waals surface area contributed by atoms with Crippen LogP contribution in [-0.2, 0) is 24.0 Å². The van der Waals surface area contributed by atoms with E-state index in [1.165, 1.54) is 6.92 Å². The van der Waals surface area contributed by atoms with Crippen molar-refractivity contribution in [3.05, 3.63) is 0 Å². The lowest BCUT2D eigenvalue weighted by molar-refractivity contribution is -0.143. The van der Waals surface area contributed by atoms with Gasteiger partial charge in [0.2, 0.25) is 17.7 Å². The van der Waals surface area contributed by atoms with E-state index in [1.54, 1.807) is 0 Å². The van der Waals surface area contributed by atoms with E-state index in [9.17, 15) is 28.4 Å². The number of alkyl halides is 1. The van der Waals surface area contributed by atoms with E-state index in [-0.39, 0.29) is 25.3 Å². The molecule has 0 aliphatic heterocycles. The standard InChI is InChI=1S/C15H26FN7O6/c1-7(12(26)23-9(14(28)29)5-10(17)24)21-13(27)8(22-11(25)6-16)3-2-4-20-15(18)19/h7-9H,2-6H2,1H3,(H2,17,24)(H,21,27)(H,22,25)(H,23,26)(H,28,29)(H4,18,19,20)/t7-,8-,9-/m0/s1. The van der Waals surface area contributed by atoms with Gasteiger partial charge in [-0.1, -0.05) is 0 Å². The normalized spacial score (nSPS) is 13.3. The van der Waals surface area contributed by atoms with Crippen molar-refractivity contribution in [1.82, 2.24) is 21.3 Å². The summed E-state index contributed by atoms with van der Waals surface area (Å²) in [5.74, 6) is -5.45. The number of aliphatic carboxylic acids is 1. The van der Waals surface area contributed by atoms with E-state index in [1.807, 2.05) is 0 Å². The SMILES string of the molecule is C[C@H](NC(=O)[C@H](CCCNC(=N)N)NC(=O)CF)C(=O)N[C@@H](CC(N)=O)C(=O)O. The van der Waals surface area contributed by atoms with E-state index in [0.29, 0.717) is 0 Å². The fourth-order valence-corrected chi connectivity index (χ4v) is 2.11. The van der Waals surface area contributed by atoms with E-state index in [2.05, 4.69) is 21.3 Å². The van der Waals surface area contributed by atoms with E-state index in [4.69, 9.17) is 22.0 Å². The first-order valence-corrected chi connectivity index (χ1v) is 8.53. The van der Waals surface area contributed by atoms with Crippen molar-refractivity contribution in [2.45, 2.75) is 44.3 Å². The summed E-state index contributed by atoms with van der Waals surface area (Å²) in [5.41, 5.74) is 10.0. The highest BCUT2D eigenvalue weighted by molar-refractivity contribution is 5.94. The molecule has 14 heteroatoms. The minimum atomic E-state index is -1.57. The molecule has 0 aromatic heterocycles. The van der Waals surface area contributed by atoms with Crippen molar-refractivity contribution in [3.63, 3.8) is 0 Å². The van der Waals surface area contributed by atoms with Crippen LogP contribution in [0.4, 0.5) is 4.39 Å². The molecule has 3 atom stereocenters. The Hall–Kier alpha value is -3.45. The van der Waals surface area contributed by atoms with Gasteiger partial charge in [0.15, 0.2) is 12.6 Å². The number of primary amides is 1. The second-order valence-electron chi connectivity index (χ2n) is 6.04. The number of rotatable bonds is 13. The van der Waals surface area contributed by atoms with Gasteiger partial charge in [0.1, 0.15) is 18.1 Å². The Bertz CT molecular complexity index is 645. The van der Waals surface area contributed by atoms with E-state index >= 15 is 0 Å². The minimum absolute atomic E-state index is 0.0472. The Labute approximate surface area is 165 Å². The molecule has 0 aliphatic rings. The van der Waals surface area contributed by atoms with Crippen LogP contribution in [0.2, 0.25) is 0 Å². The summed E-state index contributed by atoms with van der Waals surface area (Å²) in [6.45, 7) is 0.120.